The predicted octanol–water partition coefficient (Wildman–Crippen LogP) is 2.48. The normalized spacial score (nSPS) is 45.2. The lowest BCUT2D eigenvalue weighted by Crippen LogP contribution is -2.57. The number of nitrogens with one attached hydrogen (secondary N) is 1. The standard InChI is InChI=1S/C16H27NO2/c1-3-13(18)9-17-14(19)16-7-11-4-12(8-16)6-15(2,5-11)10-16/h11-13,18H,3-10H2,1-2H3,(H,17,19). The SMILES string of the molecule is CCC(O)CNC(=O)C12CC3CC(CC(C)(C3)C1)C2. The Morgan fingerprint density at radius 2 is 1.95 bits per heavy atom. The van der Waals surface area contributed by atoms with E-state index in [0.717, 1.165) is 31.1 Å². The summed E-state index contributed by atoms with van der Waals surface area (Å²) in [6.45, 7) is 4.75. The molecule has 4 aliphatic rings. The van der Waals surface area contributed by atoms with E-state index < -0.39 is 6.10 Å². The summed E-state index contributed by atoms with van der Waals surface area (Å²) in [7, 11) is 0. The van der Waals surface area contributed by atoms with Gasteiger partial charge in [0.15, 0.2) is 0 Å². The maximum atomic E-state index is 12.6. The molecule has 0 aromatic rings. The van der Waals surface area contributed by atoms with E-state index in [9.17, 15) is 9.90 Å². The van der Waals surface area contributed by atoms with E-state index in [1.54, 1.807) is 0 Å². The third-order valence-electron chi connectivity index (χ3n) is 5.80. The second kappa shape index (κ2) is 4.47. The van der Waals surface area contributed by atoms with Gasteiger partial charge in [0.2, 0.25) is 5.91 Å². The molecule has 3 atom stereocenters. The van der Waals surface area contributed by atoms with Gasteiger partial charge >= 0.3 is 0 Å². The van der Waals surface area contributed by atoms with E-state index in [2.05, 4.69) is 12.2 Å². The van der Waals surface area contributed by atoms with Crippen LogP contribution in [0.15, 0.2) is 0 Å². The second-order valence-corrected chi connectivity index (χ2v) is 7.82. The predicted molar refractivity (Wildman–Crippen MR) is 74.5 cm³/mol. The number of hydrogen-bond donors (Lipinski definition) is 2. The maximum absolute atomic E-state index is 12.6. The van der Waals surface area contributed by atoms with Crippen LogP contribution in [0, 0.1) is 22.7 Å². The minimum atomic E-state index is -0.395. The molecule has 0 heterocycles. The Bertz CT molecular complexity index is 365. The van der Waals surface area contributed by atoms with Crippen molar-refractivity contribution in [3.63, 3.8) is 0 Å². The molecule has 19 heavy (non-hydrogen) atoms. The van der Waals surface area contributed by atoms with Crippen LogP contribution >= 0.6 is 0 Å². The summed E-state index contributed by atoms with van der Waals surface area (Å²) in [6, 6.07) is 0. The molecule has 4 rings (SSSR count). The average molecular weight is 265 g/mol. The Labute approximate surface area is 116 Å². The highest BCUT2D eigenvalue weighted by molar-refractivity contribution is 5.83. The van der Waals surface area contributed by atoms with Crippen molar-refractivity contribution in [2.24, 2.45) is 22.7 Å². The largest absolute Gasteiger partial charge is 0.391 e. The van der Waals surface area contributed by atoms with Crippen molar-refractivity contribution in [2.75, 3.05) is 6.54 Å². The van der Waals surface area contributed by atoms with E-state index in [-0.39, 0.29) is 11.3 Å². The number of amides is 1. The van der Waals surface area contributed by atoms with Crippen molar-refractivity contribution < 1.29 is 9.90 Å². The highest BCUT2D eigenvalue weighted by Crippen LogP contribution is 2.65. The van der Waals surface area contributed by atoms with Gasteiger partial charge in [-0.25, -0.2) is 0 Å². The zero-order valence-corrected chi connectivity index (χ0v) is 12.2. The molecule has 0 aromatic heterocycles. The summed E-state index contributed by atoms with van der Waals surface area (Å²) in [4.78, 5) is 12.6. The molecule has 0 spiro atoms. The smallest absolute Gasteiger partial charge is 0.226 e. The lowest BCUT2D eigenvalue weighted by molar-refractivity contribution is -0.155. The highest BCUT2D eigenvalue weighted by atomic mass is 16.3. The molecule has 3 nitrogen and oxygen atoms in total. The minimum absolute atomic E-state index is 0.105. The third-order valence-corrected chi connectivity index (χ3v) is 5.80. The van der Waals surface area contributed by atoms with Gasteiger partial charge in [-0.2, -0.15) is 0 Å². The van der Waals surface area contributed by atoms with Crippen molar-refractivity contribution >= 4 is 5.91 Å². The lowest BCUT2D eigenvalue weighted by atomic mass is 9.44. The van der Waals surface area contributed by atoms with Crippen molar-refractivity contribution in [1.29, 1.82) is 0 Å². The first-order valence-corrected chi connectivity index (χ1v) is 7.91. The number of hydrogen-bond acceptors (Lipinski definition) is 2. The summed E-state index contributed by atoms with van der Waals surface area (Å²) in [5.74, 6) is 1.77. The van der Waals surface area contributed by atoms with Gasteiger partial charge in [-0.05, 0) is 62.2 Å². The van der Waals surface area contributed by atoms with E-state index in [4.69, 9.17) is 0 Å². The Morgan fingerprint density at radius 3 is 2.47 bits per heavy atom. The molecule has 2 N–H and O–H groups in total. The molecular weight excluding hydrogens is 238 g/mol. The lowest BCUT2D eigenvalue weighted by Gasteiger charge is -2.60. The van der Waals surface area contributed by atoms with Gasteiger partial charge in [-0.1, -0.05) is 13.8 Å². The van der Waals surface area contributed by atoms with Crippen LogP contribution in [0.4, 0.5) is 0 Å². The van der Waals surface area contributed by atoms with Crippen LogP contribution in [0.3, 0.4) is 0 Å². The Balaban J connectivity index is 1.71. The van der Waals surface area contributed by atoms with Gasteiger partial charge in [0.1, 0.15) is 0 Å². The fraction of sp³-hybridized carbons (Fsp3) is 0.938. The number of aliphatic hydroxyl groups excluding tert-OH is 1. The molecule has 0 aliphatic heterocycles. The third kappa shape index (κ3) is 2.31. The van der Waals surface area contributed by atoms with Crippen LogP contribution in [-0.2, 0) is 4.79 Å². The average Bonchev–Trinajstić information content (AvgIpc) is 2.32. The molecule has 0 radical (unpaired) electrons. The Kier molecular flexibility index (Phi) is 3.16. The van der Waals surface area contributed by atoms with Crippen LogP contribution in [0.2, 0.25) is 0 Å². The summed E-state index contributed by atoms with van der Waals surface area (Å²) in [5.41, 5.74) is 0.303. The number of carbonyl (C=O) groups is 1. The van der Waals surface area contributed by atoms with E-state index in [1.165, 1.54) is 19.3 Å². The summed E-state index contributed by atoms with van der Waals surface area (Å²) >= 11 is 0. The van der Waals surface area contributed by atoms with Crippen LogP contribution < -0.4 is 5.32 Å². The summed E-state index contributed by atoms with van der Waals surface area (Å²) < 4.78 is 0. The number of aliphatic hydroxyl groups is 1. The van der Waals surface area contributed by atoms with Crippen LogP contribution in [-0.4, -0.2) is 23.7 Å². The first-order valence-electron chi connectivity index (χ1n) is 7.91. The van der Waals surface area contributed by atoms with Gasteiger partial charge in [-0.3, -0.25) is 4.79 Å². The van der Waals surface area contributed by atoms with Gasteiger partial charge in [0.05, 0.1) is 11.5 Å². The molecule has 4 bridgehead atoms. The van der Waals surface area contributed by atoms with E-state index in [0.29, 0.717) is 18.4 Å². The van der Waals surface area contributed by atoms with Crippen LogP contribution in [0.25, 0.3) is 0 Å². The first kappa shape index (κ1) is 13.4. The Morgan fingerprint density at radius 1 is 1.32 bits per heavy atom. The highest BCUT2D eigenvalue weighted by Gasteiger charge is 2.58. The zero-order chi connectivity index (χ0) is 13.7. The molecule has 4 fully saturated rings. The van der Waals surface area contributed by atoms with Crippen molar-refractivity contribution in [3.8, 4) is 0 Å². The zero-order valence-electron chi connectivity index (χ0n) is 12.2. The Hall–Kier alpha value is -0.570. The molecule has 1 amide bonds. The fourth-order valence-electron chi connectivity index (χ4n) is 5.53. The van der Waals surface area contributed by atoms with Gasteiger partial charge in [0.25, 0.3) is 0 Å². The minimum Gasteiger partial charge on any atom is -0.391 e. The molecule has 0 saturated heterocycles. The number of carbonyl (C=O) groups excluding carboxylic acids is 1. The van der Waals surface area contributed by atoms with E-state index in [1.807, 2.05) is 6.92 Å². The molecule has 108 valence electrons. The maximum Gasteiger partial charge on any atom is 0.226 e. The molecule has 4 aliphatic carbocycles. The van der Waals surface area contributed by atoms with Gasteiger partial charge < -0.3 is 10.4 Å². The van der Waals surface area contributed by atoms with Crippen LogP contribution in [0.1, 0.15) is 58.8 Å². The van der Waals surface area contributed by atoms with Gasteiger partial charge in [0, 0.05) is 6.54 Å². The topological polar surface area (TPSA) is 49.3 Å². The molecule has 4 saturated carbocycles. The van der Waals surface area contributed by atoms with E-state index >= 15 is 0 Å². The monoisotopic (exact) mass is 265 g/mol. The van der Waals surface area contributed by atoms with Crippen LogP contribution in [0.5, 0.6) is 0 Å². The van der Waals surface area contributed by atoms with Gasteiger partial charge in [-0.15, -0.1) is 0 Å². The second-order valence-electron chi connectivity index (χ2n) is 7.82. The van der Waals surface area contributed by atoms with Crippen molar-refractivity contribution in [3.05, 3.63) is 0 Å². The summed E-state index contributed by atoms with van der Waals surface area (Å²) in [5, 5.41) is 12.6. The molecule has 3 heteroatoms. The molecular formula is C16H27NO2. The van der Waals surface area contributed by atoms with Crippen molar-refractivity contribution in [2.45, 2.75) is 64.9 Å². The van der Waals surface area contributed by atoms with Crippen molar-refractivity contribution in [1.82, 2.24) is 5.32 Å². The molecule has 3 unspecified atom stereocenters. The molecule has 0 aromatic carbocycles. The summed E-state index contributed by atoms with van der Waals surface area (Å²) in [6.07, 6.45) is 7.57. The fourth-order valence-corrected chi connectivity index (χ4v) is 5.53. The first-order chi connectivity index (χ1) is 8.95. The number of rotatable bonds is 4. The quantitative estimate of drug-likeness (QED) is 0.820.